The largest absolute Gasteiger partial charge is 0.462 e. The molecule has 2 heterocycles. The Kier molecular flexibility index (Phi) is 7.20. The molecule has 170 valence electrons. The minimum atomic E-state index is -0.495. The first-order valence-corrected chi connectivity index (χ1v) is 12.4. The number of nitrogens with zero attached hydrogens (tertiary/aromatic N) is 2. The maximum absolute atomic E-state index is 13.3. The third-order valence-corrected chi connectivity index (χ3v) is 7.08. The van der Waals surface area contributed by atoms with Crippen molar-refractivity contribution in [2.45, 2.75) is 35.6 Å². The number of carbonyl (C=O) groups excluding carboxylic acids is 2. The molecule has 4 rings (SSSR count). The van der Waals surface area contributed by atoms with E-state index < -0.39 is 5.97 Å². The first kappa shape index (κ1) is 23.1. The van der Waals surface area contributed by atoms with Crippen molar-refractivity contribution in [3.8, 4) is 5.69 Å². The topological polar surface area (TPSA) is 90.3 Å². The quantitative estimate of drug-likeness (QED) is 0.308. The lowest BCUT2D eigenvalue weighted by Crippen LogP contribution is -2.24. The molecule has 1 atom stereocenters. The number of ether oxygens (including phenoxy) is 1. The van der Waals surface area contributed by atoms with Crippen molar-refractivity contribution in [2.24, 2.45) is 0 Å². The molecule has 1 aliphatic heterocycles. The Hall–Kier alpha value is -3.04. The number of benzene rings is 2. The first-order chi connectivity index (χ1) is 16.0. The summed E-state index contributed by atoms with van der Waals surface area (Å²) in [5.74, 6) is -0.780. The van der Waals surface area contributed by atoms with Gasteiger partial charge in [0.1, 0.15) is 0 Å². The zero-order valence-corrected chi connectivity index (χ0v) is 19.9. The van der Waals surface area contributed by atoms with E-state index in [1.807, 2.05) is 30.3 Å². The van der Waals surface area contributed by atoms with Crippen molar-refractivity contribution in [1.29, 1.82) is 0 Å². The highest BCUT2D eigenvalue weighted by atomic mass is 32.2. The molecule has 1 aliphatic rings. The predicted octanol–water partition coefficient (Wildman–Crippen LogP) is 4.18. The third kappa shape index (κ3) is 5.15. The number of anilines is 1. The molecule has 1 aromatic heterocycles. The average Bonchev–Trinajstić information content (AvgIpc) is 3.19. The van der Waals surface area contributed by atoms with E-state index >= 15 is 0 Å². The molecule has 1 N–H and O–H groups in total. The lowest BCUT2D eigenvalue weighted by atomic mass is 10.2. The van der Waals surface area contributed by atoms with Gasteiger partial charge < -0.3 is 10.1 Å². The number of esters is 1. The molecular formula is C24H23N3O4S2. The number of hydrogen-bond acceptors (Lipinski definition) is 7. The fourth-order valence-electron chi connectivity index (χ4n) is 3.50. The molecule has 3 aromatic rings. The number of hydrogen-bond donors (Lipinski definition) is 1. The lowest BCUT2D eigenvalue weighted by Gasteiger charge is -2.14. The van der Waals surface area contributed by atoms with Crippen LogP contribution in [0.5, 0.6) is 0 Å². The molecule has 0 aliphatic carbocycles. The summed E-state index contributed by atoms with van der Waals surface area (Å²) in [5.41, 5.74) is 2.04. The van der Waals surface area contributed by atoms with Crippen LogP contribution in [0, 0.1) is 0 Å². The molecule has 0 bridgehead atoms. The van der Waals surface area contributed by atoms with Gasteiger partial charge in [-0.05, 0) is 31.2 Å². The fourth-order valence-corrected chi connectivity index (χ4v) is 5.42. The van der Waals surface area contributed by atoms with Gasteiger partial charge in [0.2, 0.25) is 5.91 Å². The normalized spacial score (nSPS) is 14.5. The van der Waals surface area contributed by atoms with Crippen molar-refractivity contribution < 1.29 is 14.3 Å². The Morgan fingerprint density at radius 3 is 2.67 bits per heavy atom. The summed E-state index contributed by atoms with van der Waals surface area (Å²) in [4.78, 5) is 43.6. The van der Waals surface area contributed by atoms with Gasteiger partial charge in [-0.25, -0.2) is 9.78 Å². The lowest BCUT2D eigenvalue weighted by molar-refractivity contribution is -0.113. The second-order valence-electron chi connectivity index (χ2n) is 7.38. The fraction of sp³-hybridized carbons (Fsp3) is 0.250. The monoisotopic (exact) mass is 481 g/mol. The number of thioether (sulfide) groups is 2. The average molecular weight is 482 g/mol. The number of nitrogens with one attached hydrogen (secondary N) is 1. The molecule has 0 fully saturated rings. The second kappa shape index (κ2) is 10.3. The molecule has 33 heavy (non-hydrogen) atoms. The maximum Gasteiger partial charge on any atom is 0.340 e. The Balaban J connectivity index is 1.58. The standard InChI is InChI=1S/C24H23N3O4S2/c1-3-31-23(30)17-11-7-8-12-18(17)25-20(28)14-32-24-26-19-13-15(2)33-21(19)22(29)27(24)16-9-5-4-6-10-16/h4-12,15H,3,13-14H2,1-2H3,(H,25,28). The molecule has 0 spiro atoms. The number of fused-ring (bicyclic) bond motifs is 1. The van der Waals surface area contributed by atoms with Crippen LogP contribution in [0.15, 0.2) is 69.4 Å². The highest BCUT2D eigenvalue weighted by molar-refractivity contribution is 8.00. The van der Waals surface area contributed by atoms with Gasteiger partial charge in [0.15, 0.2) is 5.16 Å². The Morgan fingerprint density at radius 1 is 1.18 bits per heavy atom. The highest BCUT2D eigenvalue weighted by Gasteiger charge is 2.27. The summed E-state index contributed by atoms with van der Waals surface area (Å²) in [6, 6.07) is 16.0. The van der Waals surface area contributed by atoms with Crippen LogP contribution in [0.1, 0.15) is 29.9 Å². The van der Waals surface area contributed by atoms with E-state index in [1.54, 1.807) is 47.5 Å². The maximum atomic E-state index is 13.3. The van der Waals surface area contributed by atoms with Crippen LogP contribution in [-0.2, 0) is 16.0 Å². The molecule has 7 nitrogen and oxygen atoms in total. The summed E-state index contributed by atoms with van der Waals surface area (Å²) in [6.07, 6.45) is 0.720. The van der Waals surface area contributed by atoms with Crippen LogP contribution in [0.25, 0.3) is 5.69 Å². The minimum Gasteiger partial charge on any atom is -0.462 e. The van der Waals surface area contributed by atoms with E-state index in [0.717, 1.165) is 12.1 Å². The van der Waals surface area contributed by atoms with Gasteiger partial charge in [0.05, 0.1) is 39.9 Å². The molecule has 2 aromatic carbocycles. The molecule has 1 unspecified atom stereocenters. The molecular weight excluding hydrogens is 458 g/mol. The van der Waals surface area contributed by atoms with Crippen LogP contribution in [0.3, 0.4) is 0 Å². The SMILES string of the molecule is CCOC(=O)c1ccccc1NC(=O)CSc1nc2c(c(=O)n1-c1ccccc1)SC(C)C2. The van der Waals surface area contributed by atoms with Gasteiger partial charge in [-0.3, -0.25) is 14.2 Å². The molecule has 0 radical (unpaired) electrons. The van der Waals surface area contributed by atoms with Gasteiger partial charge >= 0.3 is 5.97 Å². The number of carbonyl (C=O) groups is 2. The van der Waals surface area contributed by atoms with Gasteiger partial charge in [0.25, 0.3) is 5.56 Å². The van der Waals surface area contributed by atoms with Crippen LogP contribution in [-0.4, -0.2) is 39.0 Å². The number of para-hydroxylation sites is 2. The number of rotatable bonds is 7. The van der Waals surface area contributed by atoms with Gasteiger partial charge in [0, 0.05) is 11.7 Å². The third-order valence-electron chi connectivity index (χ3n) is 4.92. The van der Waals surface area contributed by atoms with E-state index in [4.69, 9.17) is 9.72 Å². The van der Waals surface area contributed by atoms with E-state index in [-0.39, 0.29) is 29.1 Å². The van der Waals surface area contributed by atoms with Crippen LogP contribution >= 0.6 is 23.5 Å². The number of aromatic nitrogens is 2. The molecule has 0 saturated carbocycles. The number of amides is 1. The Bertz CT molecular complexity index is 1240. The first-order valence-electron chi connectivity index (χ1n) is 10.5. The summed E-state index contributed by atoms with van der Waals surface area (Å²) in [7, 11) is 0. The summed E-state index contributed by atoms with van der Waals surface area (Å²) in [6.45, 7) is 4.04. The molecule has 0 saturated heterocycles. The summed E-state index contributed by atoms with van der Waals surface area (Å²) in [5, 5.41) is 3.52. The van der Waals surface area contributed by atoms with E-state index in [2.05, 4.69) is 12.2 Å². The van der Waals surface area contributed by atoms with Gasteiger partial charge in [-0.2, -0.15) is 0 Å². The Labute approximate surface area is 200 Å². The van der Waals surface area contributed by atoms with Crippen LogP contribution in [0.2, 0.25) is 0 Å². The van der Waals surface area contributed by atoms with Crippen LogP contribution in [0.4, 0.5) is 5.69 Å². The smallest absolute Gasteiger partial charge is 0.340 e. The van der Waals surface area contributed by atoms with Crippen molar-refractivity contribution in [2.75, 3.05) is 17.7 Å². The van der Waals surface area contributed by atoms with Gasteiger partial charge in [-0.1, -0.05) is 49.0 Å². The Morgan fingerprint density at radius 2 is 1.91 bits per heavy atom. The van der Waals surface area contributed by atoms with Crippen molar-refractivity contribution >= 4 is 41.1 Å². The van der Waals surface area contributed by atoms with Crippen molar-refractivity contribution in [3.05, 3.63) is 76.2 Å². The van der Waals surface area contributed by atoms with E-state index in [1.165, 1.54) is 11.8 Å². The highest BCUT2D eigenvalue weighted by Crippen LogP contribution is 2.34. The van der Waals surface area contributed by atoms with Crippen molar-refractivity contribution in [3.63, 3.8) is 0 Å². The summed E-state index contributed by atoms with van der Waals surface area (Å²) < 4.78 is 6.63. The minimum absolute atomic E-state index is 0.0257. The molecule has 1 amide bonds. The zero-order valence-electron chi connectivity index (χ0n) is 18.2. The van der Waals surface area contributed by atoms with Crippen LogP contribution < -0.4 is 10.9 Å². The predicted molar refractivity (Wildman–Crippen MR) is 131 cm³/mol. The summed E-state index contributed by atoms with van der Waals surface area (Å²) >= 11 is 2.73. The van der Waals surface area contributed by atoms with E-state index in [0.29, 0.717) is 27.0 Å². The second-order valence-corrected chi connectivity index (χ2v) is 9.77. The van der Waals surface area contributed by atoms with Gasteiger partial charge in [-0.15, -0.1) is 11.8 Å². The van der Waals surface area contributed by atoms with E-state index in [9.17, 15) is 14.4 Å². The van der Waals surface area contributed by atoms with Crippen molar-refractivity contribution in [1.82, 2.24) is 9.55 Å². The molecule has 9 heteroatoms. The zero-order chi connectivity index (χ0) is 23.4.